The molecule has 2 aromatic rings. The lowest BCUT2D eigenvalue weighted by Gasteiger charge is -2.46. The summed E-state index contributed by atoms with van der Waals surface area (Å²) in [4.78, 5) is 2.58. The Kier molecular flexibility index (Phi) is 7.14. The Bertz CT molecular complexity index is 934. The molecule has 5 nitrogen and oxygen atoms in total. The van der Waals surface area contributed by atoms with Crippen LogP contribution in [0.1, 0.15) is 73.2 Å². The lowest BCUT2D eigenvalue weighted by atomic mass is 9.75. The van der Waals surface area contributed by atoms with Gasteiger partial charge < -0.3 is 18.9 Å². The van der Waals surface area contributed by atoms with Crippen LogP contribution >= 0.6 is 0 Å². The highest BCUT2D eigenvalue weighted by Crippen LogP contribution is 2.52. The van der Waals surface area contributed by atoms with Gasteiger partial charge in [0.1, 0.15) is 0 Å². The second-order valence-electron chi connectivity index (χ2n) is 8.87. The summed E-state index contributed by atoms with van der Waals surface area (Å²) in [5.74, 6) is 3.68. The van der Waals surface area contributed by atoms with Gasteiger partial charge in [0.15, 0.2) is 23.0 Å². The molecule has 3 aliphatic rings. The zero-order chi connectivity index (χ0) is 22.7. The highest BCUT2D eigenvalue weighted by Gasteiger charge is 2.40. The van der Waals surface area contributed by atoms with Gasteiger partial charge in [0, 0.05) is 30.6 Å². The van der Waals surface area contributed by atoms with Crippen molar-refractivity contribution in [3.63, 3.8) is 0 Å². The van der Waals surface area contributed by atoms with Crippen molar-refractivity contribution in [2.45, 2.75) is 64.0 Å². The van der Waals surface area contributed by atoms with Gasteiger partial charge in [0.05, 0.1) is 28.4 Å². The number of fused-ring (bicyclic) bond motifs is 4. The lowest BCUT2D eigenvalue weighted by Crippen LogP contribution is -2.41. The normalized spacial score (nSPS) is 21.0. The summed E-state index contributed by atoms with van der Waals surface area (Å²) < 4.78 is 22.4. The highest BCUT2D eigenvalue weighted by atomic mass is 16.5. The van der Waals surface area contributed by atoms with E-state index in [2.05, 4.69) is 30.0 Å². The standard InChI is InChI=1S/C23H29NO4.C4H8/c1-6-15-16-7-8-19(25-2)23(28-5)18(16)13-24-10-9-14-11-20(26-3)21(27-4)12-17(14)22(15)24;1-2-4-3-1/h7-8,11-12,15,22H,6,9-10,13H2,1-5H3;1-4H2. The van der Waals surface area contributed by atoms with E-state index in [1.807, 2.05) is 6.07 Å². The largest absolute Gasteiger partial charge is 0.493 e. The summed E-state index contributed by atoms with van der Waals surface area (Å²) in [6.45, 7) is 4.15. The third-order valence-electron chi connectivity index (χ3n) is 7.29. The van der Waals surface area contributed by atoms with Gasteiger partial charge in [-0.15, -0.1) is 0 Å². The van der Waals surface area contributed by atoms with Crippen molar-refractivity contribution in [1.82, 2.24) is 4.90 Å². The molecule has 0 N–H and O–H groups in total. The molecule has 0 radical (unpaired) electrons. The number of methoxy groups -OCH3 is 4. The second kappa shape index (κ2) is 10.0. The van der Waals surface area contributed by atoms with Crippen LogP contribution in [0.3, 0.4) is 0 Å². The minimum atomic E-state index is 0.333. The van der Waals surface area contributed by atoms with E-state index in [1.165, 1.54) is 47.9 Å². The Morgan fingerprint density at radius 3 is 2.03 bits per heavy atom. The number of benzene rings is 2. The maximum Gasteiger partial charge on any atom is 0.165 e. The predicted molar refractivity (Wildman–Crippen MR) is 127 cm³/mol. The van der Waals surface area contributed by atoms with Crippen molar-refractivity contribution in [1.29, 1.82) is 0 Å². The van der Waals surface area contributed by atoms with Gasteiger partial charge in [0.25, 0.3) is 0 Å². The second-order valence-corrected chi connectivity index (χ2v) is 8.87. The molecule has 2 unspecified atom stereocenters. The molecule has 2 heterocycles. The summed E-state index contributed by atoms with van der Waals surface area (Å²) in [5.41, 5.74) is 5.34. The molecule has 0 amide bonds. The predicted octanol–water partition coefficient (Wildman–Crippen LogP) is 5.89. The first-order valence-corrected chi connectivity index (χ1v) is 11.9. The van der Waals surface area contributed by atoms with Gasteiger partial charge in [-0.05, 0) is 47.7 Å². The van der Waals surface area contributed by atoms with Gasteiger partial charge in [-0.2, -0.15) is 0 Å². The maximum atomic E-state index is 5.76. The first-order chi connectivity index (χ1) is 15.7. The van der Waals surface area contributed by atoms with E-state index < -0.39 is 0 Å². The van der Waals surface area contributed by atoms with Gasteiger partial charge in [-0.1, -0.05) is 38.7 Å². The molecule has 174 valence electrons. The molecule has 2 atom stereocenters. The number of rotatable bonds is 5. The van der Waals surface area contributed by atoms with E-state index >= 15 is 0 Å². The van der Waals surface area contributed by atoms with Crippen LogP contribution < -0.4 is 18.9 Å². The molecule has 0 aromatic heterocycles. The molecule has 1 saturated carbocycles. The molecule has 1 aliphatic carbocycles. The average molecular weight is 440 g/mol. The van der Waals surface area contributed by atoms with Crippen LogP contribution in [0.15, 0.2) is 24.3 Å². The fourth-order valence-corrected chi connectivity index (χ4v) is 5.26. The molecular formula is C27H37NO4. The van der Waals surface area contributed by atoms with Crippen LogP contribution in [0, 0.1) is 0 Å². The van der Waals surface area contributed by atoms with Crippen molar-refractivity contribution in [3.8, 4) is 23.0 Å². The summed E-state index contributed by atoms with van der Waals surface area (Å²) in [6, 6.07) is 8.92. The lowest BCUT2D eigenvalue weighted by molar-refractivity contribution is 0.128. The van der Waals surface area contributed by atoms with Gasteiger partial charge in [-0.3, -0.25) is 4.90 Å². The van der Waals surface area contributed by atoms with Crippen LogP contribution in [0.4, 0.5) is 0 Å². The number of ether oxygens (including phenoxy) is 4. The molecule has 2 aromatic carbocycles. The first-order valence-electron chi connectivity index (χ1n) is 11.9. The van der Waals surface area contributed by atoms with Crippen molar-refractivity contribution in [2.24, 2.45) is 0 Å². The van der Waals surface area contributed by atoms with E-state index in [0.717, 1.165) is 48.9 Å². The van der Waals surface area contributed by atoms with Gasteiger partial charge in [-0.25, -0.2) is 0 Å². The Morgan fingerprint density at radius 2 is 1.47 bits per heavy atom. The third kappa shape index (κ3) is 4.03. The van der Waals surface area contributed by atoms with E-state index in [-0.39, 0.29) is 0 Å². The average Bonchev–Trinajstić information content (AvgIpc) is 2.79. The summed E-state index contributed by atoms with van der Waals surface area (Å²) in [6.07, 6.45) is 8.06. The molecule has 2 aliphatic heterocycles. The Hall–Kier alpha value is -2.40. The topological polar surface area (TPSA) is 40.2 Å². The van der Waals surface area contributed by atoms with E-state index in [0.29, 0.717) is 12.0 Å². The molecule has 0 bridgehead atoms. The molecule has 5 rings (SSSR count). The van der Waals surface area contributed by atoms with Crippen molar-refractivity contribution in [2.75, 3.05) is 35.0 Å². The summed E-state index contributed by atoms with van der Waals surface area (Å²) >= 11 is 0. The zero-order valence-corrected chi connectivity index (χ0v) is 20.2. The SMILES string of the molecule is C1CCC1.CCC1c2ccc(OC)c(OC)c2CN2CCc3cc(OC)c(OC)cc3C12. The number of hydrogen-bond acceptors (Lipinski definition) is 5. The fourth-order valence-electron chi connectivity index (χ4n) is 5.26. The highest BCUT2D eigenvalue weighted by molar-refractivity contribution is 5.56. The Labute approximate surface area is 192 Å². The van der Waals surface area contributed by atoms with Crippen LogP contribution in [0.5, 0.6) is 23.0 Å². The first kappa shape index (κ1) is 22.8. The molecular weight excluding hydrogens is 402 g/mol. The number of nitrogens with zero attached hydrogens (tertiary/aromatic N) is 1. The van der Waals surface area contributed by atoms with Gasteiger partial charge in [0.2, 0.25) is 0 Å². The summed E-state index contributed by atoms with van der Waals surface area (Å²) in [5, 5.41) is 0. The minimum absolute atomic E-state index is 0.333. The van der Waals surface area contributed by atoms with E-state index in [1.54, 1.807) is 28.4 Å². The van der Waals surface area contributed by atoms with Gasteiger partial charge >= 0.3 is 0 Å². The van der Waals surface area contributed by atoms with E-state index in [4.69, 9.17) is 18.9 Å². The smallest absolute Gasteiger partial charge is 0.165 e. The van der Waals surface area contributed by atoms with Crippen LogP contribution in [-0.2, 0) is 13.0 Å². The zero-order valence-electron chi connectivity index (χ0n) is 20.2. The van der Waals surface area contributed by atoms with Crippen LogP contribution in [-0.4, -0.2) is 39.9 Å². The Morgan fingerprint density at radius 1 is 0.812 bits per heavy atom. The molecule has 5 heteroatoms. The molecule has 32 heavy (non-hydrogen) atoms. The maximum absolute atomic E-state index is 5.76. The quantitative estimate of drug-likeness (QED) is 0.581. The van der Waals surface area contributed by atoms with E-state index in [9.17, 15) is 0 Å². The monoisotopic (exact) mass is 439 g/mol. The summed E-state index contributed by atoms with van der Waals surface area (Å²) in [7, 11) is 6.83. The minimum Gasteiger partial charge on any atom is -0.493 e. The molecule has 0 spiro atoms. The fraction of sp³-hybridized carbons (Fsp3) is 0.556. The van der Waals surface area contributed by atoms with Crippen molar-refractivity contribution < 1.29 is 18.9 Å². The molecule has 0 saturated heterocycles. The Balaban J connectivity index is 0.000000552. The van der Waals surface area contributed by atoms with Crippen LogP contribution in [0.2, 0.25) is 0 Å². The van der Waals surface area contributed by atoms with Crippen molar-refractivity contribution in [3.05, 3.63) is 46.5 Å². The third-order valence-corrected chi connectivity index (χ3v) is 7.29. The molecule has 1 fully saturated rings. The van der Waals surface area contributed by atoms with Crippen LogP contribution in [0.25, 0.3) is 0 Å². The number of hydrogen-bond donors (Lipinski definition) is 0. The van der Waals surface area contributed by atoms with Crippen molar-refractivity contribution >= 4 is 0 Å².